The van der Waals surface area contributed by atoms with Crippen molar-refractivity contribution in [3.05, 3.63) is 0 Å². The molecular weight excluding hydrogens is 216 g/mol. The number of nitrogens with zero attached hydrogens (tertiary/aromatic N) is 1. The number of methoxy groups -OCH3 is 1. The van der Waals surface area contributed by atoms with Crippen molar-refractivity contribution in [2.45, 2.75) is 25.8 Å². The SMILES string of the molecule is CCCN(C(=O)COC)C1CCNC1.Cl. The van der Waals surface area contributed by atoms with Crippen molar-refractivity contribution in [2.24, 2.45) is 0 Å². The maximum Gasteiger partial charge on any atom is 0.248 e. The lowest BCUT2D eigenvalue weighted by molar-refractivity contribution is -0.137. The summed E-state index contributed by atoms with van der Waals surface area (Å²) in [6.07, 6.45) is 2.07. The van der Waals surface area contributed by atoms with Gasteiger partial charge in [-0.25, -0.2) is 0 Å². The lowest BCUT2D eigenvalue weighted by Gasteiger charge is -2.27. The summed E-state index contributed by atoms with van der Waals surface area (Å²) >= 11 is 0. The van der Waals surface area contributed by atoms with Gasteiger partial charge in [0.2, 0.25) is 5.91 Å². The highest BCUT2D eigenvalue weighted by Crippen LogP contribution is 2.09. The number of hydrogen-bond acceptors (Lipinski definition) is 3. The molecule has 1 N–H and O–H groups in total. The highest BCUT2D eigenvalue weighted by molar-refractivity contribution is 5.85. The summed E-state index contributed by atoms with van der Waals surface area (Å²) < 4.78 is 4.88. The Balaban J connectivity index is 0.00000196. The van der Waals surface area contributed by atoms with E-state index in [1.165, 1.54) is 0 Å². The molecule has 0 radical (unpaired) electrons. The third-order valence-corrected chi connectivity index (χ3v) is 2.53. The fourth-order valence-corrected chi connectivity index (χ4v) is 1.86. The van der Waals surface area contributed by atoms with Crippen molar-refractivity contribution in [1.29, 1.82) is 0 Å². The average Bonchev–Trinajstić information content (AvgIpc) is 2.67. The fourth-order valence-electron chi connectivity index (χ4n) is 1.86. The van der Waals surface area contributed by atoms with E-state index in [2.05, 4.69) is 12.2 Å². The van der Waals surface area contributed by atoms with E-state index in [1.807, 2.05) is 4.90 Å². The molecular formula is C10H21ClN2O2. The second-order valence-electron chi connectivity index (χ2n) is 3.67. The van der Waals surface area contributed by atoms with Gasteiger partial charge in [0.1, 0.15) is 6.61 Å². The maximum absolute atomic E-state index is 11.7. The minimum atomic E-state index is 0. The zero-order valence-corrected chi connectivity index (χ0v) is 10.3. The molecule has 1 unspecified atom stereocenters. The van der Waals surface area contributed by atoms with Gasteiger partial charge in [0, 0.05) is 26.2 Å². The molecule has 5 heteroatoms. The molecule has 0 saturated carbocycles. The second-order valence-corrected chi connectivity index (χ2v) is 3.67. The molecule has 0 aromatic rings. The van der Waals surface area contributed by atoms with Gasteiger partial charge in [0.15, 0.2) is 0 Å². The van der Waals surface area contributed by atoms with Gasteiger partial charge in [-0.2, -0.15) is 0 Å². The molecule has 1 amide bonds. The van der Waals surface area contributed by atoms with E-state index in [4.69, 9.17) is 4.74 Å². The van der Waals surface area contributed by atoms with Crippen molar-refractivity contribution in [2.75, 3.05) is 33.4 Å². The van der Waals surface area contributed by atoms with Gasteiger partial charge in [-0.05, 0) is 19.4 Å². The standard InChI is InChI=1S/C10H20N2O2.ClH/c1-3-6-12(10(13)8-14-2)9-4-5-11-7-9;/h9,11H,3-8H2,1-2H3;1H. The molecule has 1 saturated heterocycles. The van der Waals surface area contributed by atoms with E-state index in [1.54, 1.807) is 7.11 Å². The normalized spacial score (nSPS) is 19.7. The Bertz CT molecular complexity index is 184. The smallest absolute Gasteiger partial charge is 0.248 e. The fraction of sp³-hybridized carbons (Fsp3) is 0.900. The van der Waals surface area contributed by atoms with Crippen LogP contribution in [0.25, 0.3) is 0 Å². The third-order valence-electron chi connectivity index (χ3n) is 2.53. The number of nitrogens with one attached hydrogen (secondary N) is 1. The topological polar surface area (TPSA) is 41.6 Å². The molecule has 15 heavy (non-hydrogen) atoms. The zero-order valence-electron chi connectivity index (χ0n) is 9.49. The Morgan fingerprint density at radius 3 is 2.80 bits per heavy atom. The molecule has 4 nitrogen and oxygen atoms in total. The van der Waals surface area contributed by atoms with E-state index < -0.39 is 0 Å². The molecule has 90 valence electrons. The van der Waals surface area contributed by atoms with Crippen molar-refractivity contribution in [3.8, 4) is 0 Å². The van der Waals surface area contributed by atoms with E-state index >= 15 is 0 Å². The Kier molecular flexibility index (Phi) is 7.74. The van der Waals surface area contributed by atoms with Crippen LogP contribution in [0.4, 0.5) is 0 Å². The van der Waals surface area contributed by atoms with Crippen LogP contribution in [0, 0.1) is 0 Å². The van der Waals surface area contributed by atoms with E-state index in [0.29, 0.717) is 6.04 Å². The van der Waals surface area contributed by atoms with Crippen LogP contribution in [0.1, 0.15) is 19.8 Å². The van der Waals surface area contributed by atoms with Gasteiger partial charge in [0.05, 0.1) is 0 Å². The molecule has 0 aromatic heterocycles. The molecule has 1 atom stereocenters. The Labute approximate surface area is 97.8 Å². The molecule has 0 bridgehead atoms. The number of carbonyl (C=O) groups excluding carboxylic acids is 1. The van der Waals surface area contributed by atoms with Crippen LogP contribution in [0.3, 0.4) is 0 Å². The second kappa shape index (κ2) is 7.91. The number of carbonyl (C=O) groups is 1. The average molecular weight is 237 g/mol. The summed E-state index contributed by atoms with van der Waals surface area (Å²) in [5, 5.41) is 3.27. The number of rotatable bonds is 5. The Hall–Kier alpha value is -0.320. The lowest BCUT2D eigenvalue weighted by Crippen LogP contribution is -2.43. The molecule has 0 aromatic carbocycles. The lowest BCUT2D eigenvalue weighted by atomic mass is 10.2. The zero-order chi connectivity index (χ0) is 10.4. The van der Waals surface area contributed by atoms with Crippen LogP contribution in [0.15, 0.2) is 0 Å². The maximum atomic E-state index is 11.7. The molecule has 1 rings (SSSR count). The first-order valence-electron chi connectivity index (χ1n) is 5.28. The van der Waals surface area contributed by atoms with Crippen molar-refractivity contribution in [1.82, 2.24) is 10.2 Å². The first-order chi connectivity index (χ1) is 6.79. The minimum Gasteiger partial charge on any atom is -0.375 e. The van der Waals surface area contributed by atoms with Crippen LogP contribution in [-0.4, -0.2) is 50.2 Å². The summed E-state index contributed by atoms with van der Waals surface area (Å²) in [4.78, 5) is 13.6. The van der Waals surface area contributed by atoms with Gasteiger partial charge in [0.25, 0.3) is 0 Å². The van der Waals surface area contributed by atoms with Crippen LogP contribution in [-0.2, 0) is 9.53 Å². The van der Waals surface area contributed by atoms with E-state index in [-0.39, 0.29) is 24.9 Å². The first-order valence-corrected chi connectivity index (χ1v) is 5.28. The summed E-state index contributed by atoms with van der Waals surface area (Å²) in [6.45, 7) is 5.08. The minimum absolute atomic E-state index is 0. The number of ether oxygens (including phenoxy) is 1. The third kappa shape index (κ3) is 4.36. The number of amides is 1. The molecule has 1 aliphatic heterocycles. The highest BCUT2D eigenvalue weighted by atomic mass is 35.5. The van der Waals surface area contributed by atoms with E-state index in [9.17, 15) is 4.79 Å². The summed E-state index contributed by atoms with van der Waals surface area (Å²) in [5.41, 5.74) is 0. The number of halogens is 1. The quantitative estimate of drug-likeness (QED) is 0.763. The molecule has 1 heterocycles. The van der Waals surface area contributed by atoms with Crippen LogP contribution >= 0.6 is 12.4 Å². The van der Waals surface area contributed by atoms with Gasteiger partial charge in [-0.15, -0.1) is 12.4 Å². The molecule has 0 aliphatic carbocycles. The van der Waals surface area contributed by atoms with Gasteiger partial charge in [-0.1, -0.05) is 6.92 Å². The monoisotopic (exact) mass is 236 g/mol. The highest BCUT2D eigenvalue weighted by Gasteiger charge is 2.25. The van der Waals surface area contributed by atoms with Crippen molar-refractivity contribution in [3.63, 3.8) is 0 Å². The Morgan fingerprint density at radius 2 is 2.33 bits per heavy atom. The van der Waals surface area contributed by atoms with Gasteiger partial charge < -0.3 is 15.0 Å². The van der Waals surface area contributed by atoms with Crippen LogP contribution in [0.5, 0.6) is 0 Å². The molecule has 1 aliphatic rings. The van der Waals surface area contributed by atoms with Gasteiger partial charge in [-0.3, -0.25) is 4.79 Å². The van der Waals surface area contributed by atoms with Crippen LogP contribution in [0.2, 0.25) is 0 Å². The van der Waals surface area contributed by atoms with E-state index in [0.717, 1.165) is 32.5 Å². The summed E-state index contributed by atoms with van der Waals surface area (Å²) in [5.74, 6) is 0.114. The van der Waals surface area contributed by atoms with Gasteiger partial charge >= 0.3 is 0 Å². The Morgan fingerprint density at radius 1 is 1.60 bits per heavy atom. The predicted molar refractivity (Wildman–Crippen MR) is 62.4 cm³/mol. The van der Waals surface area contributed by atoms with Crippen molar-refractivity contribution >= 4 is 18.3 Å². The molecule has 0 spiro atoms. The predicted octanol–water partition coefficient (Wildman–Crippen LogP) is 0.655. The summed E-state index contributed by atoms with van der Waals surface area (Å²) in [6, 6.07) is 0.373. The largest absolute Gasteiger partial charge is 0.375 e. The molecule has 1 fully saturated rings. The van der Waals surface area contributed by atoms with Crippen molar-refractivity contribution < 1.29 is 9.53 Å². The first kappa shape index (κ1) is 14.7. The van der Waals surface area contributed by atoms with Crippen LogP contribution < -0.4 is 5.32 Å². The summed E-state index contributed by atoms with van der Waals surface area (Å²) in [7, 11) is 1.56. The number of hydrogen-bond donors (Lipinski definition) is 1.